The molecule has 0 amide bonds. The zero-order valence-corrected chi connectivity index (χ0v) is 10.1. The lowest BCUT2D eigenvalue weighted by Gasteiger charge is -2.38. The first-order valence-electron chi connectivity index (χ1n) is 6.18. The van der Waals surface area contributed by atoms with Crippen LogP contribution in [-0.4, -0.2) is 37.1 Å². The zero-order chi connectivity index (χ0) is 10.4. The van der Waals surface area contributed by atoms with Crippen LogP contribution >= 0.6 is 0 Å². The zero-order valence-electron chi connectivity index (χ0n) is 10.1. The fraction of sp³-hybridized carbons (Fsp3) is 1.00. The Kier molecular flexibility index (Phi) is 5.49. The smallest absolute Gasteiger partial charge is 0.00950 e. The van der Waals surface area contributed by atoms with E-state index in [1.807, 2.05) is 0 Å². The predicted molar refractivity (Wildman–Crippen MR) is 62.6 cm³/mol. The number of hydrogen-bond donors (Lipinski definition) is 1. The van der Waals surface area contributed by atoms with E-state index in [4.69, 9.17) is 0 Å². The third-order valence-electron chi connectivity index (χ3n) is 3.57. The Labute approximate surface area is 89.1 Å². The molecule has 0 aromatic rings. The van der Waals surface area contributed by atoms with E-state index >= 15 is 0 Å². The monoisotopic (exact) mass is 198 g/mol. The summed E-state index contributed by atoms with van der Waals surface area (Å²) in [5, 5.41) is 3.38. The van der Waals surface area contributed by atoms with Crippen LogP contribution in [0.1, 0.15) is 46.0 Å². The van der Waals surface area contributed by atoms with Gasteiger partial charge in [0, 0.05) is 12.1 Å². The highest BCUT2D eigenvalue weighted by Gasteiger charge is 2.24. The van der Waals surface area contributed by atoms with E-state index in [-0.39, 0.29) is 0 Å². The lowest BCUT2D eigenvalue weighted by atomic mass is 9.90. The predicted octanol–water partition coefficient (Wildman–Crippen LogP) is 2.25. The van der Waals surface area contributed by atoms with E-state index in [0.717, 1.165) is 18.6 Å². The van der Waals surface area contributed by atoms with Crippen LogP contribution in [0.25, 0.3) is 0 Å². The van der Waals surface area contributed by atoms with E-state index in [2.05, 4.69) is 31.1 Å². The average Bonchev–Trinajstić information content (AvgIpc) is 2.09. The minimum Gasteiger partial charge on any atom is -0.317 e. The summed E-state index contributed by atoms with van der Waals surface area (Å²) in [6.07, 6.45) is 6.94. The summed E-state index contributed by atoms with van der Waals surface area (Å²) in [6.45, 7) is 6.82. The average molecular weight is 198 g/mol. The Morgan fingerprint density at radius 3 is 2.64 bits per heavy atom. The SMILES string of the molecule is CCNCCCC(C)N(C)C1CCC1. The van der Waals surface area contributed by atoms with Crippen molar-refractivity contribution < 1.29 is 0 Å². The minimum absolute atomic E-state index is 0.763. The van der Waals surface area contributed by atoms with E-state index in [9.17, 15) is 0 Å². The third-order valence-corrected chi connectivity index (χ3v) is 3.57. The first-order valence-corrected chi connectivity index (χ1v) is 6.18. The molecule has 0 aromatic heterocycles. The Balaban J connectivity index is 2.04. The fourth-order valence-electron chi connectivity index (χ4n) is 2.06. The number of nitrogens with zero attached hydrogens (tertiary/aromatic N) is 1. The maximum absolute atomic E-state index is 3.38. The lowest BCUT2D eigenvalue weighted by molar-refractivity contribution is 0.112. The van der Waals surface area contributed by atoms with Crippen LogP contribution in [0.2, 0.25) is 0 Å². The topological polar surface area (TPSA) is 15.3 Å². The van der Waals surface area contributed by atoms with Gasteiger partial charge in [0.15, 0.2) is 0 Å². The number of rotatable bonds is 7. The van der Waals surface area contributed by atoms with E-state index in [0.29, 0.717) is 0 Å². The largest absolute Gasteiger partial charge is 0.317 e. The summed E-state index contributed by atoms with van der Waals surface area (Å²) in [4.78, 5) is 2.58. The van der Waals surface area contributed by atoms with E-state index in [1.165, 1.54) is 38.6 Å². The van der Waals surface area contributed by atoms with Crippen molar-refractivity contribution >= 4 is 0 Å². The summed E-state index contributed by atoms with van der Waals surface area (Å²) >= 11 is 0. The maximum atomic E-state index is 3.38. The standard InChI is InChI=1S/C12H26N2/c1-4-13-10-6-7-11(2)14(3)12-8-5-9-12/h11-13H,4-10H2,1-3H3. The summed E-state index contributed by atoms with van der Waals surface area (Å²) in [5.74, 6) is 0. The van der Waals surface area contributed by atoms with Crippen molar-refractivity contribution in [1.82, 2.24) is 10.2 Å². The third kappa shape index (κ3) is 3.58. The molecule has 0 radical (unpaired) electrons. The Bertz CT molecular complexity index is 143. The summed E-state index contributed by atoms with van der Waals surface area (Å²) < 4.78 is 0. The molecule has 84 valence electrons. The molecule has 1 atom stereocenters. The normalized spacial score (nSPS) is 19.7. The molecule has 0 saturated heterocycles. The summed E-state index contributed by atoms with van der Waals surface area (Å²) in [6, 6.07) is 1.66. The van der Waals surface area contributed by atoms with Gasteiger partial charge in [-0.25, -0.2) is 0 Å². The van der Waals surface area contributed by atoms with Crippen LogP contribution < -0.4 is 5.32 Å². The summed E-state index contributed by atoms with van der Waals surface area (Å²) in [5.41, 5.74) is 0. The van der Waals surface area contributed by atoms with Crippen molar-refractivity contribution in [2.75, 3.05) is 20.1 Å². The van der Waals surface area contributed by atoms with Gasteiger partial charge in [-0.3, -0.25) is 0 Å². The fourth-order valence-corrected chi connectivity index (χ4v) is 2.06. The highest BCUT2D eigenvalue weighted by molar-refractivity contribution is 4.80. The Morgan fingerprint density at radius 1 is 1.43 bits per heavy atom. The van der Waals surface area contributed by atoms with Gasteiger partial charge in [0.1, 0.15) is 0 Å². The van der Waals surface area contributed by atoms with Gasteiger partial charge in [-0.15, -0.1) is 0 Å². The molecule has 2 nitrogen and oxygen atoms in total. The second-order valence-electron chi connectivity index (χ2n) is 4.59. The van der Waals surface area contributed by atoms with Crippen LogP contribution in [0.3, 0.4) is 0 Å². The van der Waals surface area contributed by atoms with Crippen LogP contribution in [0.4, 0.5) is 0 Å². The van der Waals surface area contributed by atoms with E-state index in [1.54, 1.807) is 0 Å². The van der Waals surface area contributed by atoms with Gasteiger partial charge in [-0.2, -0.15) is 0 Å². The quantitative estimate of drug-likeness (QED) is 0.631. The molecule has 1 aliphatic carbocycles. The van der Waals surface area contributed by atoms with Crippen LogP contribution in [-0.2, 0) is 0 Å². The number of nitrogens with one attached hydrogen (secondary N) is 1. The minimum atomic E-state index is 0.763. The second kappa shape index (κ2) is 6.41. The van der Waals surface area contributed by atoms with Gasteiger partial charge in [-0.1, -0.05) is 13.3 Å². The molecule has 0 aliphatic heterocycles. The highest BCUT2D eigenvalue weighted by Crippen LogP contribution is 2.25. The molecule has 0 spiro atoms. The van der Waals surface area contributed by atoms with Gasteiger partial charge in [0.05, 0.1) is 0 Å². The molecule has 1 rings (SSSR count). The van der Waals surface area contributed by atoms with Gasteiger partial charge < -0.3 is 10.2 Å². The first kappa shape index (κ1) is 12.0. The molecule has 2 heteroatoms. The van der Waals surface area contributed by atoms with Gasteiger partial charge in [0.2, 0.25) is 0 Å². The molecule has 0 aromatic carbocycles. The molecule has 1 saturated carbocycles. The molecule has 0 heterocycles. The molecule has 1 aliphatic rings. The molecular formula is C12H26N2. The molecule has 1 N–H and O–H groups in total. The Morgan fingerprint density at radius 2 is 2.14 bits per heavy atom. The molecule has 14 heavy (non-hydrogen) atoms. The van der Waals surface area contributed by atoms with Crippen molar-refractivity contribution in [1.29, 1.82) is 0 Å². The first-order chi connectivity index (χ1) is 6.75. The van der Waals surface area contributed by atoms with Crippen molar-refractivity contribution in [2.45, 2.75) is 58.0 Å². The van der Waals surface area contributed by atoms with Gasteiger partial charge in [0.25, 0.3) is 0 Å². The Hall–Kier alpha value is -0.0800. The van der Waals surface area contributed by atoms with Crippen molar-refractivity contribution in [3.05, 3.63) is 0 Å². The van der Waals surface area contributed by atoms with Gasteiger partial charge in [-0.05, 0) is 52.7 Å². The lowest BCUT2D eigenvalue weighted by Crippen LogP contribution is -2.42. The molecule has 1 unspecified atom stereocenters. The number of hydrogen-bond acceptors (Lipinski definition) is 2. The van der Waals surface area contributed by atoms with Gasteiger partial charge >= 0.3 is 0 Å². The van der Waals surface area contributed by atoms with Crippen molar-refractivity contribution in [3.63, 3.8) is 0 Å². The van der Waals surface area contributed by atoms with E-state index < -0.39 is 0 Å². The van der Waals surface area contributed by atoms with Crippen molar-refractivity contribution in [2.24, 2.45) is 0 Å². The van der Waals surface area contributed by atoms with Crippen LogP contribution in [0, 0.1) is 0 Å². The van der Waals surface area contributed by atoms with Crippen molar-refractivity contribution in [3.8, 4) is 0 Å². The molecule has 0 bridgehead atoms. The highest BCUT2D eigenvalue weighted by atomic mass is 15.2. The second-order valence-corrected chi connectivity index (χ2v) is 4.59. The van der Waals surface area contributed by atoms with Crippen LogP contribution in [0.15, 0.2) is 0 Å². The molecular weight excluding hydrogens is 172 g/mol. The van der Waals surface area contributed by atoms with Crippen LogP contribution in [0.5, 0.6) is 0 Å². The summed E-state index contributed by atoms with van der Waals surface area (Å²) in [7, 11) is 2.29. The maximum Gasteiger partial charge on any atom is 0.00950 e. The molecule has 1 fully saturated rings.